The van der Waals surface area contributed by atoms with E-state index >= 15 is 0 Å². The Bertz CT molecular complexity index is 1750. The number of hydrogen-bond acceptors (Lipinski definition) is 3. The molecule has 0 atom stereocenters. The first-order chi connectivity index (χ1) is 22.2. The fraction of sp³-hybridized carbons (Fsp3) is 0.326. The van der Waals surface area contributed by atoms with Crippen molar-refractivity contribution in [1.29, 1.82) is 0 Å². The van der Waals surface area contributed by atoms with Gasteiger partial charge in [0.1, 0.15) is 0 Å². The van der Waals surface area contributed by atoms with Crippen LogP contribution in [0.3, 0.4) is 0 Å². The molecule has 3 nitrogen and oxygen atoms in total. The van der Waals surface area contributed by atoms with Crippen molar-refractivity contribution in [3.63, 3.8) is 0 Å². The third kappa shape index (κ3) is 7.49. The fourth-order valence-corrected chi connectivity index (χ4v) is 7.03. The number of pyridine rings is 1. The minimum Gasteiger partial charge on any atom is -0.299 e. The lowest BCUT2D eigenvalue weighted by Gasteiger charge is -2.39. The van der Waals surface area contributed by atoms with Crippen molar-refractivity contribution in [2.75, 3.05) is 13.1 Å². The van der Waals surface area contributed by atoms with E-state index in [9.17, 15) is 0 Å². The van der Waals surface area contributed by atoms with Crippen molar-refractivity contribution in [3.05, 3.63) is 147 Å². The minimum absolute atomic E-state index is 0.551. The molecule has 0 spiro atoms. The molecule has 0 aliphatic carbocycles. The number of aromatic nitrogens is 1. The summed E-state index contributed by atoms with van der Waals surface area (Å²) in [5.74, 6) is 0. The first kappa shape index (κ1) is 31.9. The van der Waals surface area contributed by atoms with E-state index in [1.54, 1.807) is 0 Å². The van der Waals surface area contributed by atoms with E-state index in [4.69, 9.17) is 4.98 Å². The topological polar surface area (TPSA) is 19.4 Å². The highest BCUT2D eigenvalue weighted by molar-refractivity contribution is 5.67. The second kappa shape index (κ2) is 14.2. The molecule has 46 heavy (non-hydrogen) atoms. The van der Waals surface area contributed by atoms with Crippen LogP contribution in [0, 0.1) is 41.5 Å². The predicted molar refractivity (Wildman–Crippen MR) is 194 cm³/mol. The van der Waals surface area contributed by atoms with Gasteiger partial charge in [0.15, 0.2) is 0 Å². The van der Waals surface area contributed by atoms with Gasteiger partial charge >= 0.3 is 0 Å². The molecular weight excluding hydrogens is 558 g/mol. The van der Waals surface area contributed by atoms with Crippen molar-refractivity contribution in [1.82, 2.24) is 14.8 Å². The summed E-state index contributed by atoms with van der Waals surface area (Å²) in [5, 5.41) is 0. The smallest absolute Gasteiger partial charge is 0.0705 e. The summed E-state index contributed by atoms with van der Waals surface area (Å²) < 4.78 is 0. The van der Waals surface area contributed by atoms with Crippen molar-refractivity contribution < 1.29 is 0 Å². The number of benzene rings is 4. The predicted octanol–water partition coefficient (Wildman–Crippen LogP) is 9.93. The molecule has 1 fully saturated rings. The monoisotopic (exact) mass is 607 g/mol. The van der Waals surface area contributed by atoms with Crippen molar-refractivity contribution >= 4 is 0 Å². The molecule has 0 bridgehead atoms. The highest BCUT2D eigenvalue weighted by Gasteiger charge is 2.25. The molecule has 6 rings (SSSR count). The highest BCUT2D eigenvalue weighted by atomic mass is 15.2. The van der Waals surface area contributed by atoms with E-state index in [0.29, 0.717) is 6.04 Å². The first-order valence-electron chi connectivity index (χ1n) is 16.9. The average Bonchev–Trinajstić information content (AvgIpc) is 3.06. The molecule has 0 amide bonds. The van der Waals surface area contributed by atoms with Crippen LogP contribution in [-0.2, 0) is 19.6 Å². The normalized spacial score (nSPS) is 14.2. The molecule has 1 saturated heterocycles. The number of aryl methyl sites for hydroxylation is 4. The molecule has 3 heteroatoms. The Balaban J connectivity index is 1.15. The Labute approximate surface area is 277 Å². The van der Waals surface area contributed by atoms with Gasteiger partial charge in [-0.05, 0) is 159 Å². The van der Waals surface area contributed by atoms with Crippen LogP contribution in [0.1, 0.15) is 62.9 Å². The van der Waals surface area contributed by atoms with E-state index in [1.807, 2.05) is 6.20 Å². The molecule has 1 aliphatic rings. The Morgan fingerprint density at radius 3 is 1.83 bits per heavy atom. The lowest BCUT2D eigenvalue weighted by Crippen LogP contribution is -2.44. The van der Waals surface area contributed by atoms with E-state index in [0.717, 1.165) is 38.4 Å². The lowest BCUT2D eigenvalue weighted by molar-refractivity contribution is 0.0933. The molecule has 5 aromatic rings. The third-order valence-electron chi connectivity index (χ3n) is 10.3. The molecule has 4 aromatic carbocycles. The van der Waals surface area contributed by atoms with Gasteiger partial charge < -0.3 is 0 Å². The summed E-state index contributed by atoms with van der Waals surface area (Å²) in [6.07, 6.45) is 4.34. The maximum atomic E-state index is 4.74. The summed E-state index contributed by atoms with van der Waals surface area (Å²) in [5.41, 5.74) is 17.2. The number of nitrogens with zero attached hydrogens (tertiary/aromatic N) is 3. The Hall–Kier alpha value is -4.05. The summed E-state index contributed by atoms with van der Waals surface area (Å²) in [6, 6.07) is 34.5. The largest absolute Gasteiger partial charge is 0.299 e. The number of hydrogen-bond donors (Lipinski definition) is 0. The Morgan fingerprint density at radius 1 is 0.587 bits per heavy atom. The van der Waals surface area contributed by atoms with E-state index in [2.05, 4.69) is 142 Å². The highest BCUT2D eigenvalue weighted by Crippen LogP contribution is 2.29. The second-order valence-electron chi connectivity index (χ2n) is 13.6. The molecule has 236 valence electrons. The molecule has 2 heterocycles. The second-order valence-corrected chi connectivity index (χ2v) is 13.6. The van der Waals surface area contributed by atoms with E-state index in [1.165, 1.54) is 79.6 Å². The van der Waals surface area contributed by atoms with Crippen LogP contribution in [0.15, 0.2) is 97.2 Å². The zero-order chi connectivity index (χ0) is 32.2. The average molecular weight is 608 g/mol. The van der Waals surface area contributed by atoms with Crippen LogP contribution in [-0.4, -0.2) is 33.9 Å². The van der Waals surface area contributed by atoms with Crippen molar-refractivity contribution in [3.8, 4) is 22.4 Å². The Kier molecular flexibility index (Phi) is 9.82. The maximum absolute atomic E-state index is 4.74. The summed E-state index contributed by atoms with van der Waals surface area (Å²) in [4.78, 5) is 10.1. The quantitative estimate of drug-likeness (QED) is 0.166. The summed E-state index contributed by atoms with van der Waals surface area (Å²) >= 11 is 0. The molecule has 0 radical (unpaired) electrons. The lowest BCUT2D eigenvalue weighted by atomic mass is 9.95. The van der Waals surface area contributed by atoms with Crippen LogP contribution in [0.2, 0.25) is 0 Å². The molecule has 1 aromatic heterocycles. The third-order valence-corrected chi connectivity index (χ3v) is 10.3. The van der Waals surface area contributed by atoms with Gasteiger partial charge in [0.2, 0.25) is 0 Å². The van der Waals surface area contributed by atoms with Crippen LogP contribution in [0.4, 0.5) is 0 Å². The number of likely N-dealkylation sites (tertiary alicyclic amines) is 1. The van der Waals surface area contributed by atoms with Gasteiger partial charge in [-0.1, -0.05) is 60.7 Å². The fourth-order valence-electron chi connectivity index (χ4n) is 7.03. The van der Waals surface area contributed by atoms with Crippen molar-refractivity contribution in [2.24, 2.45) is 0 Å². The molecular formula is C43H49N3. The summed E-state index contributed by atoms with van der Waals surface area (Å²) in [6.45, 7) is 18.4. The zero-order valence-electron chi connectivity index (χ0n) is 28.6. The van der Waals surface area contributed by atoms with Gasteiger partial charge in [-0.2, -0.15) is 0 Å². The minimum atomic E-state index is 0.551. The summed E-state index contributed by atoms with van der Waals surface area (Å²) in [7, 11) is 0. The van der Waals surface area contributed by atoms with Crippen LogP contribution < -0.4 is 0 Å². The van der Waals surface area contributed by atoms with Gasteiger partial charge in [-0.15, -0.1) is 0 Å². The van der Waals surface area contributed by atoms with Crippen LogP contribution in [0.25, 0.3) is 22.4 Å². The van der Waals surface area contributed by atoms with Gasteiger partial charge in [0, 0.05) is 37.4 Å². The molecule has 0 unspecified atom stereocenters. The molecule has 1 aliphatic heterocycles. The first-order valence-corrected chi connectivity index (χ1v) is 16.9. The van der Waals surface area contributed by atoms with Gasteiger partial charge in [-0.3, -0.25) is 14.8 Å². The number of rotatable bonds is 9. The maximum Gasteiger partial charge on any atom is 0.0705 e. The number of piperidine rings is 1. The van der Waals surface area contributed by atoms with Gasteiger partial charge in [0.05, 0.1) is 5.69 Å². The van der Waals surface area contributed by atoms with E-state index in [-0.39, 0.29) is 0 Å². The SMILES string of the molecule is Cc1cc(-c2cccc(CN(Cc3ccccc3)C3CCN(Cc4ccnc(-c5cc(C)c(C)c(C)c5)c4)CC3)c2)cc(C)c1C. The van der Waals surface area contributed by atoms with Crippen molar-refractivity contribution in [2.45, 2.75) is 80.1 Å². The Morgan fingerprint density at radius 2 is 1.17 bits per heavy atom. The van der Waals surface area contributed by atoms with Crippen LogP contribution >= 0.6 is 0 Å². The zero-order valence-corrected chi connectivity index (χ0v) is 28.6. The van der Waals surface area contributed by atoms with Gasteiger partial charge in [0.25, 0.3) is 0 Å². The molecule has 0 saturated carbocycles. The van der Waals surface area contributed by atoms with Gasteiger partial charge in [-0.25, -0.2) is 0 Å². The standard InChI is InChI=1S/C43H49N3/c1-30-21-40(22-31(2)34(30)5)39-14-10-13-37(25-39)29-46(28-36-11-8-7-9-12-36)42-16-19-45(20-17-42)27-38-15-18-44-43(26-38)41-23-32(3)35(6)33(4)24-41/h7-15,18,21-26,42H,16-17,19-20,27-29H2,1-6H3. The molecule has 0 N–H and O–H groups in total. The van der Waals surface area contributed by atoms with E-state index < -0.39 is 0 Å². The van der Waals surface area contributed by atoms with Crippen LogP contribution in [0.5, 0.6) is 0 Å².